The van der Waals surface area contributed by atoms with Crippen molar-refractivity contribution in [1.29, 1.82) is 0 Å². The predicted octanol–water partition coefficient (Wildman–Crippen LogP) is 1.26. The van der Waals surface area contributed by atoms with Gasteiger partial charge in [0, 0.05) is 44.4 Å². The van der Waals surface area contributed by atoms with Crippen LogP contribution >= 0.6 is 0 Å². The molecule has 5 heterocycles. The lowest BCUT2D eigenvalue weighted by molar-refractivity contribution is -0.0138. The molecule has 1 aromatic carbocycles. The Kier molecular flexibility index (Phi) is 8.32. The molecule has 0 spiro atoms. The van der Waals surface area contributed by atoms with Crippen molar-refractivity contribution < 1.29 is 37.1 Å². The number of nitrogens with zero attached hydrogens (tertiary/aromatic N) is 4. The van der Waals surface area contributed by atoms with Gasteiger partial charge in [0.15, 0.2) is 11.9 Å². The molecule has 0 bridgehead atoms. The molecule has 2 aromatic heterocycles. The van der Waals surface area contributed by atoms with Crippen LogP contribution in [0.15, 0.2) is 30.7 Å². The normalized spacial score (nSPS) is 26.2. The van der Waals surface area contributed by atoms with E-state index in [2.05, 4.69) is 25.4 Å². The van der Waals surface area contributed by atoms with E-state index in [1.807, 2.05) is 6.92 Å². The van der Waals surface area contributed by atoms with Crippen molar-refractivity contribution in [3.05, 3.63) is 47.7 Å². The van der Waals surface area contributed by atoms with E-state index in [4.69, 9.17) is 18.9 Å². The monoisotopic (exact) mass is 631 g/mol. The van der Waals surface area contributed by atoms with E-state index in [1.54, 1.807) is 14.0 Å². The maximum absolute atomic E-state index is 14.4. The molecular formula is C28H34FN7O7S. The van der Waals surface area contributed by atoms with Gasteiger partial charge in [0.2, 0.25) is 0 Å². The maximum Gasteiger partial charge on any atom is 0.317 e. The van der Waals surface area contributed by atoms with Crippen LogP contribution in [0.5, 0.6) is 5.75 Å². The largest absolute Gasteiger partial charge is 0.483 e. The fraction of sp³-hybridized carbons (Fsp3) is 0.464. The number of anilines is 2. The molecule has 3 amide bonds. The molecule has 6 rings (SSSR count). The van der Waals surface area contributed by atoms with Gasteiger partial charge in [0.1, 0.15) is 41.7 Å². The summed E-state index contributed by atoms with van der Waals surface area (Å²) in [4.78, 5) is 31.4. The number of carbonyl (C=O) groups excluding carboxylic acids is 2. The molecule has 5 unspecified atom stereocenters. The summed E-state index contributed by atoms with van der Waals surface area (Å²) in [5.41, 5.74) is 1.71. The van der Waals surface area contributed by atoms with Gasteiger partial charge in [-0.05, 0) is 31.5 Å². The van der Waals surface area contributed by atoms with Crippen LogP contribution in [0.4, 0.5) is 20.7 Å². The van der Waals surface area contributed by atoms with Crippen molar-refractivity contribution in [2.24, 2.45) is 0 Å². The zero-order valence-corrected chi connectivity index (χ0v) is 25.3. The number of rotatable bonds is 8. The summed E-state index contributed by atoms with van der Waals surface area (Å²) in [5.74, 6) is -0.353. The minimum atomic E-state index is -2.85. The van der Waals surface area contributed by atoms with E-state index < -0.39 is 27.5 Å². The molecule has 0 radical (unpaired) electrons. The Bertz CT molecular complexity index is 1710. The topological polar surface area (TPSA) is 158 Å². The first-order chi connectivity index (χ1) is 21.2. The lowest BCUT2D eigenvalue weighted by atomic mass is 10.1. The number of hydrogen-bond donors (Lipinski definition) is 3. The summed E-state index contributed by atoms with van der Waals surface area (Å²) in [6, 6.07) is 3.85. The van der Waals surface area contributed by atoms with Gasteiger partial charge in [-0.15, -0.1) is 0 Å². The van der Waals surface area contributed by atoms with E-state index in [9.17, 15) is 18.2 Å². The van der Waals surface area contributed by atoms with Crippen LogP contribution in [0, 0.1) is 12.7 Å². The summed E-state index contributed by atoms with van der Waals surface area (Å²) in [5, 5.41) is 11.6. The zero-order chi connectivity index (χ0) is 31.0. The van der Waals surface area contributed by atoms with E-state index >= 15 is 0 Å². The van der Waals surface area contributed by atoms with Crippen molar-refractivity contribution in [3.63, 3.8) is 0 Å². The Morgan fingerprint density at radius 1 is 1.20 bits per heavy atom. The van der Waals surface area contributed by atoms with Gasteiger partial charge >= 0.3 is 6.03 Å². The van der Waals surface area contributed by atoms with Gasteiger partial charge in [-0.3, -0.25) is 9.52 Å². The summed E-state index contributed by atoms with van der Waals surface area (Å²) in [6.07, 6.45) is 1.53. The van der Waals surface area contributed by atoms with Crippen LogP contribution in [-0.2, 0) is 23.9 Å². The number of ether oxygens (including phenoxy) is 4. The number of hydrogen-bond acceptors (Lipinski definition) is 10. The molecule has 3 N–H and O–H groups in total. The molecule has 0 saturated carbocycles. The summed E-state index contributed by atoms with van der Waals surface area (Å²) in [7, 11) is -1.25. The fourth-order valence-corrected chi connectivity index (χ4v) is 7.27. The van der Waals surface area contributed by atoms with Crippen molar-refractivity contribution >= 4 is 44.0 Å². The number of carbonyl (C=O) groups is 2. The molecule has 236 valence electrons. The number of amides is 3. The number of aromatic nitrogens is 3. The second-order valence-electron chi connectivity index (χ2n) is 10.7. The van der Waals surface area contributed by atoms with Gasteiger partial charge in [0.05, 0.1) is 39.9 Å². The Morgan fingerprint density at radius 2 is 1.98 bits per heavy atom. The molecule has 16 heteroatoms. The van der Waals surface area contributed by atoms with E-state index in [-0.39, 0.29) is 61.1 Å². The fourth-order valence-electron chi connectivity index (χ4n) is 5.58. The number of nitrogens with one attached hydrogen (secondary N) is 3. The van der Waals surface area contributed by atoms with Crippen molar-refractivity contribution in [2.45, 2.75) is 38.3 Å². The van der Waals surface area contributed by atoms with Crippen LogP contribution in [0.1, 0.15) is 22.8 Å². The SMILES string of the molecule is CCNC(=O)N1CC=S(=O)(NC(=O)c2cn3ncnc(Nc4ccc(F)cc4OC4COC5C(OC)COC45)c3c2C)CC1. The molecule has 5 atom stereocenters. The third kappa shape index (κ3) is 5.77. The first-order valence-corrected chi connectivity index (χ1v) is 16.0. The van der Waals surface area contributed by atoms with Crippen LogP contribution in [0.3, 0.4) is 0 Å². The van der Waals surface area contributed by atoms with Crippen LogP contribution in [0.25, 0.3) is 5.52 Å². The number of benzene rings is 1. The number of fused-ring (bicyclic) bond motifs is 2. The van der Waals surface area contributed by atoms with Gasteiger partial charge in [-0.1, -0.05) is 0 Å². The standard InChI is InChI=1S/C28H34FN7O7S/c1-4-30-28(38)35-7-9-44(39,10-8-35)34-27(37)18-12-36-23(16(18)2)26(31-15-32-36)33-19-6-5-17(29)11-20(19)43-22-14-42-24-21(40-3)13-41-25(22)24/h5-6,9,11-12,15,21-22,24-25H,4,7-8,10,13-14H2,1-3H3,(H,30,38)(H,31,32,33)(H,34,37,39). The van der Waals surface area contributed by atoms with Gasteiger partial charge in [-0.25, -0.2) is 22.9 Å². The highest BCUT2D eigenvalue weighted by Gasteiger charge is 2.49. The predicted molar refractivity (Wildman–Crippen MR) is 159 cm³/mol. The molecule has 44 heavy (non-hydrogen) atoms. The highest BCUT2D eigenvalue weighted by atomic mass is 32.2. The average molecular weight is 632 g/mol. The number of aryl methyl sites for hydroxylation is 1. The molecule has 2 fully saturated rings. The van der Waals surface area contributed by atoms with Crippen molar-refractivity contribution in [3.8, 4) is 5.75 Å². The average Bonchev–Trinajstić information content (AvgIpc) is 3.69. The lowest BCUT2D eigenvalue weighted by Gasteiger charge is -2.27. The lowest BCUT2D eigenvalue weighted by Crippen LogP contribution is -2.49. The Hall–Kier alpha value is -3.99. The smallest absolute Gasteiger partial charge is 0.317 e. The summed E-state index contributed by atoms with van der Waals surface area (Å²) < 4.78 is 55.2. The van der Waals surface area contributed by atoms with E-state index in [0.717, 1.165) is 0 Å². The van der Waals surface area contributed by atoms with Gasteiger partial charge in [-0.2, -0.15) is 5.10 Å². The molecular weight excluding hydrogens is 597 g/mol. The van der Waals surface area contributed by atoms with Gasteiger partial charge in [0.25, 0.3) is 5.91 Å². The third-order valence-electron chi connectivity index (χ3n) is 7.92. The molecule has 14 nitrogen and oxygen atoms in total. The number of methoxy groups -OCH3 is 1. The summed E-state index contributed by atoms with van der Waals surface area (Å²) in [6.45, 7) is 5.06. The first kappa shape index (κ1) is 30.1. The molecule has 0 aliphatic carbocycles. The minimum absolute atomic E-state index is 0.104. The van der Waals surface area contributed by atoms with Gasteiger partial charge < -0.3 is 34.5 Å². The Labute approximate surface area is 253 Å². The second kappa shape index (κ2) is 12.2. The van der Waals surface area contributed by atoms with E-state index in [1.165, 1.54) is 45.5 Å². The number of urea groups is 1. The molecule has 3 aliphatic rings. The molecule has 3 aromatic rings. The number of halogens is 1. The second-order valence-corrected chi connectivity index (χ2v) is 13.1. The Morgan fingerprint density at radius 3 is 2.70 bits per heavy atom. The maximum atomic E-state index is 14.4. The minimum Gasteiger partial charge on any atom is -0.483 e. The summed E-state index contributed by atoms with van der Waals surface area (Å²) >= 11 is 0. The van der Waals surface area contributed by atoms with Crippen LogP contribution in [-0.4, -0.2) is 111 Å². The van der Waals surface area contributed by atoms with Crippen LogP contribution in [0.2, 0.25) is 0 Å². The molecule has 3 aliphatic heterocycles. The highest BCUT2D eigenvalue weighted by Crippen LogP contribution is 2.36. The van der Waals surface area contributed by atoms with Crippen LogP contribution < -0.4 is 20.1 Å². The zero-order valence-electron chi connectivity index (χ0n) is 24.4. The third-order valence-corrected chi connectivity index (χ3v) is 9.93. The van der Waals surface area contributed by atoms with Crippen molar-refractivity contribution in [1.82, 2.24) is 29.5 Å². The van der Waals surface area contributed by atoms with Crippen molar-refractivity contribution in [2.75, 3.05) is 51.0 Å². The highest BCUT2D eigenvalue weighted by molar-refractivity contribution is 8.00. The molecule has 2 saturated heterocycles. The van der Waals surface area contributed by atoms with E-state index in [0.29, 0.717) is 35.7 Å². The quantitative estimate of drug-likeness (QED) is 0.309. The first-order valence-electron chi connectivity index (χ1n) is 14.2. The Balaban J connectivity index is 1.22.